The van der Waals surface area contributed by atoms with Crippen molar-refractivity contribution in [1.29, 1.82) is 0 Å². The molecule has 0 atom stereocenters. The molecule has 0 radical (unpaired) electrons. The Labute approximate surface area is 168 Å². The molecule has 2 heteroatoms. The lowest BCUT2D eigenvalue weighted by molar-refractivity contribution is 0.708. The van der Waals surface area contributed by atoms with Gasteiger partial charge in [-0.15, -0.1) is 0 Å². The lowest BCUT2D eigenvalue weighted by Crippen LogP contribution is -2.20. The maximum atomic E-state index is 3.38. The van der Waals surface area contributed by atoms with Gasteiger partial charge in [0, 0.05) is 5.33 Å². The molecule has 26 heavy (non-hydrogen) atoms. The van der Waals surface area contributed by atoms with E-state index in [9.17, 15) is 0 Å². The van der Waals surface area contributed by atoms with Crippen LogP contribution in [0.15, 0.2) is 91.0 Å². The quantitative estimate of drug-likeness (QED) is 0.232. The van der Waals surface area contributed by atoms with E-state index < -0.39 is 7.92 Å². The van der Waals surface area contributed by atoms with Crippen LogP contribution < -0.4 is 15.9 Å². The number of halogens is 1. The van der Waals surface area contributed by atoms with Crippen LogP contribution in [-0.4, -0.2) is 5.33 Å². The summed E-state index contributed by atoms with van der Waals surface area (Å²) in [5, 5.41) is 5.37. The summed E-state index contributed by atoms with van der Waals surface area (Å²) in [5.74, 6) is 0. The smallest absolute Gasteiger partial charge is 0.00313 e. The summed E-state index contributed by atoms with van der Waals surface area (Å²) >= 11 is 3.38. The topological polar surface area (TPSA) is 0 Å². The molecule has 0 bridgehead atoms. The van der Waals surface area contributed by atoms with E-state index in [4.69, 9.17) is 0 Å². The molecule has 0 saturated heterocycles. The zero-order valence-corrected chi connectivity index (χ0v) is 18.0. The van der Waals surface area contributed by atoms with E-state index in [0.717, 1.165) is 0 Å². The minimum Gasteiger partial charge on any atom is -0.0928 e. The molecule has 0 aliphatic rings. The zero-order chi connectivity index (χ0) is 18.5. The van der Waals surface area contributed by atoms with Crippen molar-refractivity contribution in [3.8, 4) is 0 Å². The first-order valence-corrected chi connectivity index (χ1v) is 11.8. The fourth-order valence-corrected chi connectivity index (χ4v) is 5.40. The Balaban J connectivity index is 0.000000298. The van der Waals surface area contributed by atoms with Crippen molar-refractivity contribution in [1.82, 2.24) is 0 Å². The molecule has 0 spiro atoms. The van der Waals surface area contributed by atoms with Crippen LogP contribution in [0.4, 0.5) is 0 Å². The van der Waals surface area contributed by atoms with Gasteiger partial charge in [-0.2, -0.15) is 0 Å². The molecule has 0 aliphatic heterocycles. The second-order valence-corrected chi connectivity index (χ2v) is 9.10. The molecule has 0 N–H and O–H groups in total. The molecule has 0 nitrogen and oxygen atoms in total. The first-order chi connectivity index (χ1) is 12.9. The van der Waals surface area contributed by atoms with E-state index in [0.29, 0.717) is 0 Å². The molecular formula is C24H28BrP. The molecule has 0 amide bonds. The van der Waals surface area contributed by atoms with Gasteiger partial charge in [0.1, 0.15) is 0 Å². The molecule has 0 heterocycles. The fraction of sp³-hybridized carbons (Fsp3) is 0.250. The number of unbranched alkanes of at least 4 members (excludes halogenated alkanes) is 3. The highest BCUT2D eigenvalue weighted by Gasteiger charge is 2.14. The van der Waals surface area contributed by atoms with Crippen LogP contribution in [-0.2, 0) is 0 Å². The highest BCUT2D eigenvalue weighted by atomic mass is 79.9. The molecule has 3 rings (SSSR count). The minimum atomic E-state index is -0.446. The van der Waals surface area contributed by atoms with E-state index in [-0.39, 0.29) is 0 Å². The molecule has 3 aromatic carbocycles. The summed E-state index contributed by atoms with van der Waals surface area (Å²) in [6.45, 7) is 2.23. The summed E-state index contributed by atoms with van der Waals surface area (Å²) in [6, 6.07) is 32.3. The number of hydrogen-bond donors (Lipinski definition) is 0. The molecule has 0 unspecified atom stereocenters. The largest absolute Gasteiger partial charge is 0.0928 e. The van der Waals surface area contributed by atoms with E-state index in [2.05, 4.69) is 114 Å². The second-order valence-electron chi connectivity index (χ2n) is 6.09. The average molecular weight is 427 g/mol. The summed E-state index contributed by atoms with van der Waals surface area (Å²) < 4.78 is 0. The van der Waals surface area contributed by atoms with Crippen LogP contribution in [0.1, 0.15) is 32.6 Å². The van der Waals surface area contributed by atoms with Gasteiger partial charge in [-0.05, 0) is 30.3 Å². The van der Waals surface area contributed by atoms with Crippen LogP contribution in [0.3, 0.4) is 0 Å². The predicted molar refractivity (Wildman–Crippen MR) is 123 cm³/mol. The van der Waals surface area contributed by atoms with E-state index in [1.165, 1.54) is 46.9 Å². The third-order valence-electron chi connectivity index (χ3n) is 4.03. The highest BCUT2D eigenvalue weighted by molar-refractivity contribution is 9.09. The van der Waals surface area contributed by atoms with Gasteiger partial charge >= 0.3 is 0 Å². The number of benzene rings is 3. The SMILES string of the molecule is CCCCCCBr.c1ccc(P(c2ccccc2)c2ccccc2)cc1. The Morgan fingerprint density at radius 2 is 0.962 bits per heavy atom. The zero-order valence-electron chi connectivity index (χ0n) is 15.5. The fourth-order valence-electron chi connectivity index (χ4n) is 2.70. The Hall–Kier alpha value is -1.43. The molecular weight excluding hydrogens is 399 g/mol. The Kier molecular flexibility index (Phi) is 10.3. The van der Waals surface area contributed by atoms with Crippen LogP contribution in [0, 0.1) is 0 Å². The maximum absolute atomic E-state index is 3.38. The molecule has 136 valence electrons. The van der Waals surface area contributed by atoms with Crippen molar-refractivity contribution in [3.05, 3.63) is 91.0 Å². The van der Waals surface area contributed by atoms with E-state index in [1.54, 1.807) is 0 Å². The van der Waals surface area contributed by atoms with Crippen molar-refractivity contribution in [3.63, 3.8) is 0 Å². The van der Waals surface area contributed by atoms with E-state index in [1.807, 2.05) is 0 Å². The molecule has 0 saturated carbocycles. The van der Waals surface area contributed by atoms with Gasteiger partial charge in [-0.25, -0.2) is 0 Å². The number of hydrogen-bond acceptors (Lipinski definition) is 0. The van der Waals surface area contributed by atoms with Crippen molar-refractivity contribution in [2.75, 3.05) is 5.33 Å². The van der Waals surface area contributed by atoms with Gasteiger partial charge in [0.05, 0.1) is 0 Å². The van der Waals surface area contributed by atoms with Crippen LogP contribution in [0.25, 0.3) is 0 Å². The number of rotatable bonds is 7. The second kappa shape index (κ2) is 12.8. The minimum absolute atomic E-state index is 0.446. The monoisotopic (exact) mass is 426 g/mol. The third kappa shape index (κ3) is 7.06. The van der Waals surface area contributed by atoms with Gasteiger partial charge in [0.2, 0.25) is 0 Å². The molecule has 0 fully saturated rings. The predicted octanol–water partition coefficient (Wildman–Crippen LogP) is 6.41. The van der Waals surface area contributed by atoms with Crippen molar-refractivity contribution in [2.24, 2.45) is 0 Å². The number of alkyl halides is 1. The first-order valence-electron chi connectivity index (χ1n) is 9.38. The van der Waals surface area contributed by atoms with Gasteiger partial charge in [-0.1, -0.05) is 133 Å². The van der Waals surface area contributed by atoms with Crippen LogP contribution >= 0.6 is 23.9 Å². The van der Waals surface area contributed by atoms with Crippen molar-refractivity contribution >= 4 is 39.8 Å². The van der Waals surface area contributed by atoms with Crippen LogP contribution in [0.2, 0.25) is 0 Å². The summed E-state index contributed by atoms with van der Waals surface area (Å²) in [6.07, 6.45) is 5.47. The van der Waals surface area contributed by atoms with Gasteiger partial charge in [0.15, 0.2) is 0 Å². The summed E-state index contributed by atoms with van der Waals surface area (Å²) in [5.41, 5.74) is 0. The Morgan fingerprint density at radius 3 is 1.27 bits per heavy atom. The molecule has 0 aliphatic carbocycles. The normalized spacial score (nSPS) is 10.3. The van der Waals surface area contributed by atoms with Gasteiger partial charge in [0.25, 0.3) is 0 Å². The maximum Gasteiger partial charge on any atom is 0.00313 e. The lowest BCUT2D eigenvalue weighted by Gasteiger charge is -2.18. The lowest BCUT2D eigenvalue weighted by atomic mass is 10.2. The molecule has 0 aromatic heterocycles. The van der Waals surface area contributed by atoms with Crippen molar-refractivity contribution < 1.29 is 0 Å². The van der Waals surface area contributed by atoms with E-state index >= 15 is 0 Å². The van der Waals surface area contributed by atoms with Gasteiger partial charge < -0.3 is 0 Å². The first kappa shape index (κ1) is 20.9. The van der Waals surface area contributed by atoms with Crippen LogP contribution in [0.5, 0.6) is 0 Å². The third-order valence-corrected chi connectivity index (χ3v) is 7.03. The highest BCUT2D eigenvalue weighted by Crippen LogP contribution is 2.32. The Bertz CT molecular complexity index is 600. The summed E-state index contributed by atoms with van der Waals surface area (Å²) in [4.78, 5) is 0. The Morgan fingerprint density at radius 1 is 0.577 bits per heavy atom. The van der Waals surface area contributed by atoms with Gasteiger partial charge in [-0.3, -0.25) is 0 Å². The molecule has 3 aromatic rings. The standard InChI is InChI=1S/C18H15P.C6H13Br/c1-4-10-16(11-5-1)19(17-12-6-2-7-13-17)18-14-8-3-9-15-18;1-2-3-4-5-6-7/h1-15H;2-6H2,1H3. The van der Waals surface area contributed by atoms with Crippen molar-refractivity contribution in [2.45, 2.75) is 32.6 Å². The average Bonchev–Trinajstić information content (AvgIpc) is 2.72. The summed E-state index contributed by atoms with van der Waals surface area (Å²) in [7, 11) is -0.446.